The van der Waals surface area contributed by atoms with E-state index in [2.05, 4.69) is 5.10 Å². The third-order valence-corrected chi connectivity index (χ3v) is 4.71. The number of aryl methyl sites for hydroxylation is 1. The lowest BCUT2D eigenvalue weighted by molar-refractivity contribution is 0.0794. The fourth-order valence-electron chi connectivity index (χ4n) is 3.38. The Morgan fingerprint density at radius 3 is 2.72 bits per heavy atom. The average molecular weight is 336 g/mol. The molecule has 0 radical (unpaired) electrons. The molecule has 3 heterocycles. The topological polar surface area (TPSA) is 60.2 Å². The minimum absolute atomic E-state index is 0.0500. The van der Waals surface area contributed by atoms with Gasteiger partial charge in [0.2, 0.25) is 0 Å². The fraction of sp³-hybridized carbons (Fsp3) is 0.316. The second-order valence-corrected chi connectivity index (χ2v) is 6.26. The molecular weight excluding hydrogens is 316 g/mol. The average Bonchev–Trinajstić information content (AvgIpc) is 3.31. The van der Waals surface area contributed by atoms with Crippen molar-refractivity contribution in [2.24, 2.45) is 7.05 Å². The number of hydrogen-bond donors (Lipinski definition) is 0. The van der Waals surface area contributed by atoms with Gasteiger partial charge < -0.3 is 9.64 Å². The van der Waals surface area contributed by atoms with Crippen LogP contribution < -0.4 is 4.74 Å². The van der Waals surface area contributed by atoms with Gasteiger partial charge in [0, 0.05) is 25.7 Å². The molecule has 6 heteroatoms. The summed E-state index contributed by atoms with van der Waals surface area (Å²) in [5, 5.41) is 5.08. The molecule has 1 aliphatic heterocycles. The summed E-state index contributed by atoms with van der Waals surface area (Å²) in [6.07, 6.45) is 3.84. The molecule has 0 bridgehead atoms. The number of likely N-dealkylation sites (tertiary alicyclic amines) is 1. The molecule has 0 spiro atoms. The second-order valence-electron chi connectivity index (χ2n) is 6.26. The second kappa shape index (κ2) is 6.20. The zero-order chi connectivity index (χ0) is 17.4. The van der Waals surface area contributed by atoms with Gasteiger partial charge >= 0.3 is 0 Å². The van der Waals surface area contributed by atoms with E-state index in [1.165, 1.54) is 0 Å². The summed E-state index contributed by atoms with van der Waals surface area (Å²) in [5.41, 5.74) is 2.94. The van der Waals surface area contributed by atoms with Crippen LogP contribution in [-0.2, 0) is 7.05 Å². The van der Waals surface area contributed by atoms with Gasteiger partial charge in [0.25, 0.3) is 5.91 Å². The maximum absolute atomic E-state index is 13.0. The molecule has 3 aromatic rings. The van der Waals surface area contributed by atoms with Crippen molar-refractivity contribution in [3.8, 4) is 17.0 Å². The monoisotopic (exact) mass is 336 g/mol. The van der Waals surface area contributed by atoms with Gasteiger partial charge in [0.05, 0.1) is 30.0 Å². The van der Waals surface area contributed by atoms with E-state index in [0.29, 0.717) is 11.2 Å². The summed E-state index contributed by atoms with van der Waals surface area (Å²) in [5.74, 6) is 0.783. The highest BCUT2D eigenvalue weighted by Crippen LogP contribution is 2.31. The minimum Gasteiger partial charge on any atom is -0.496 e. The van der Waals surface area contributed by atoms with Crippen molar-refractivity contribution in [3.63, 3.8) is 0 Å². The predicted octanol–water partition coefficient (Wildman–Crippen LogP) is 2.88. The van der Waals surface area contributed by atoms with E-state index in [9.17, 15) is 4.79 Å². The zero-order valence-corrected chi connectivity index (χ0v) is 14.4. The SMILES string of the molecule is COc1ccccc1-c1cc(C(=O)N2CCCC2)c2cnn(C)c2n1. The standard InChI is InChI=1S/C19H20N4O2/c1-22-18-15(12-20-22)14(19(24)23-9-5-6-10-23)11-16(21-18)13-7-3-4-8-17(13)25-2/h3-4,7-8,11-12H,5-6,9-10H2,1-2H3. The molecule has 1 aliphatic rings. The summed E-state index contributed by atoms with van der Waals surface area (Å²) < 4.78 is 7.17. The number of amides is 1. The van der Waals surface area contributed by atoms with Crippen LogP contribution in [0.2, 0.25) is 0 Å². The molecule has 0 unspecified atom stereocenters. The first-order valence-electron chi connectivity index (χ1n) is 8.44. The van der Waals surface area contributed by atoms with Gasteiger partial charge in [-0.3, -0.25) is 9.48 Å². The molecule has 2 aromatic heterocycles. The number of carbonyl (C=O) groups excluding carboxylic acids is 1. The Labute approximate surface area is 146 Å². The van der Waals surface area contributed by atoms with Crippen molar-refractivity contribution in [1.82, 2.24) is 19.7 Å². The van der Waals surface area contributed by atoms with Crippen LogP contribution in [0.3, 0.4) is 0 Å². The molecule has 0 atom stereocenters. The van der Waals surface area contributed by atoms with Crippen molar-refractivity contribution in [2.75, 3.05) is 20.2 Å². The number of benzene rings is 1. The Bertz CT molecular complexity index is 942. The number of para-hydroxylation sites is 1. The Morgan fingerprint density at radius 2 is 1.96 bits per heavy atom. The van der Waals surface area contributed by atoms with Crippen LogP contribution >= 0.6 is 0 Å². The number of nitrogens with zero attached hydrogens (tertiary/aromatic N) is 4. The molecule has 0 aliphatic carbocycles. The van der Waals surface area contributed by atoms with Gasteiger partial charge in [-0.25, -0.2) is 4.98 Å². The van der Waals surface area contributed by atoms with E-state index >= 15 is 0 Å². The quantitative estimate of drug-likeness (QED) is 0.738. The lowest BCUT2D eigenvalue weighted by atomic mass is 10.1. The first kappa shape index (κ1) is 15.6. The van der Waals surface area contributed by atoms with Crippen LogP contribution in [-0.4, -0.2) is 45.8 Å². The van der Waals surface area contributed by atoms with E-state index in [1.807, 2.05) is 42.3 Å². The van der Waals surface area contributed by atoms with E-state index in [-0.39, 0.29) is 5.91 Å². The molecule has 1 saturated heterocycles. The highest BCUT2D eigenvalue weighted by atomic mass is 16.5. The highest BCUT2D eigenvalue weighted by molar-refractivity contribution is 6.06. The Hall–Kier alpha value is -2.89. The lowest BCUT2D eigenvalue weighted by Gasteiger charge is -2.17. The van der Waals surface area contributed by atoms with Crippen LogP contribution in [0.5, 0.6) is 5.75 Å². The molecule has 0 N–H and O–H groups in total. The Kier molecular flexibility index (Phi) is 3.87. The van der Waals surface area contributed by atoms with Crippen molar-refractivity contribution in [1.29, 1.82) is 0 Å². The largest absolute Gasteiger partial charge is 0.496 e. The Balaban J connectivity index is 1.91. The van der Waals surface area contributed by atoms with E-state index in [1.54, 1.807) is 18.0 Å². The summed E-state index contributed by atoms with van der Waals surface area (Å²) in [4.78, 5) is 19.7. The lowest BCUT2D eigenvalue weighted by Crippen LogP contribution is -2.27. The molecule has 1 fully saturated rings. The number of carbonyl (C=O) groups is 1. The van der Waals surface area contributed by atoms with Crippen molar-refractivity contribution in [3.05, 3.63) is 42.1 Å². The van der Waals surface area contributed by atoms with E-state index in [4.69, 9.17) is 9.72 Å². The molecular formula is C19H20N4O2. The van der Waals surface area contributed by atoms with Crippen LogP contribution in [0, 0.1) is 0 Å². The van der Waals surface area contributed by atoms with Gasteiger partial charge in [-0.1, -0.05) is 12.1 Å². The smallest absolute Gasteiger partial charge is 0.254 e. The predicted molar refractivity (Wildman–Crippen MR) is 95.6 cm³/mol. The number of rotatable bonds is 3. The number of ether oxygens (including phenoxy) is 1. The van der Waals surface area contributed by atoms with Gasteiger partial charge in [-0.2, -0.15) is 5.10 Å². The summed E-state index contributed by atoms with van der Waals surface area (Å²) >= 11 is 0. The maximum atomic E-state index is 13.0. The summed E-state index contributed by atoms with van der Waals surface area (Å²) in [6.45, 7) is 1.62. The minimum atomic E-state index is 0.0500. The number of methoxy groups -OCH3 is 1. The van der Waals surface area contributed by atoms with E-state index < -0.39 is 0 Å². The first-order chi connectivity index (χ1) is 12.2. The number of fused-ring (bicyclic) bond motifs is 1. The third kappa shape index (κ3) is 2.63. The molecule has 25 heavy (non-hydrogen) atoms. The van der Waals surface area contributed by atoms with Crippen LogP contribution in [0.25, 0.3) is 22.3 Å². The third-order valence-electron chi connectivity index (χ3n) is 4.71. The van der Waals surface area contributed by atoms with E-state index in [0.717, 1.165) is 48.3 Å². The van der Waals surface area contributed by atoms with Crippen molar-refractivity contribution in [2.45, 2.75) is 12.8 Å². The molecule has 0 saturated carbocycles. The number of pyridine rings is 1. The maximum Gasteiger partial charge on any atom is 0.254 e. The highest BCUT2D eigenvalue weighted by Gasteiger charge is 2.24. The van der Waals surface area contributed by atoms with Crippen molar-refractivity contribution < 1.29 is 9.53 Å². The van der Waals surface area contributed by atoms with Crippen LogP contribution in [0.4, 0.5) is 0 Å². The van der Waals surface area contributed by atoms with Crippen molar-refractivity contribution >= 4 is 16.9 Å². The fourth-order valence-corrected chi connectivity index (χ4v) is 3.38. The summed E-state index contributed by atoms with van der Waals surface area (Å²) in [6, 6.07) is 9.57. The normalized spacial score (nSPS) is 14.2. The zero-order valence-electron chi connectivity index (χ0n) is 14.4. The molecule has 128 valence electrons. The van der Waals surface area contributed by atoms with Gasteiger partial charge in [0.1, 0.15) is 5.75 Å². The Morgan fingerprint density at radius 1 is 1.20 bits per heavy atom. The van der Waals surface area contributed by atoms with Gasteiger partial charge in [-0.05, 0) is 31.0 Å². The van der Waals surface area contributed by atoms with Gasteiger partial charge in [0.15, 0.2) is 5.65 Å². The number of hydrogen-bond acceptors (Lipinski definition) is 4. The first-order valence-corrected chi connectivity index (χ1v) is 8.44. The van der Waals surface area contributed by atoms with Gasteiger partial charge in [-0.15, -0.1) is 0 Å². The van der Waals surface area contributed by atoms with Crippen LogP contribution in [0.1, 0.15) is 23.2 Å². The molecule has 6 nitrogen and oxygen atoms in total. The van der Waals surface area contributed by atoms with Crippen LogP contribution in [0.15, 0.2) is 36.5 Å². The number of aromatic nitrogens is 3. The molecule has 4 rings (SSSR count). The molecule has 1 amide bonds. The summed E-state index contributed by atoms with van der Waals surface area (Å²) in [7, 11) is 3.48. The molecule has 1 aromatic carbocycles.